The molecule has 3 aromatic heterocycles. The van der Waals surface area contributed by atoms with E-state index in [2.05, 4.69) is 37.0 Å². The summed E-state index contributed by atoms with van der Waals surface area (Å²) in [7, 11) is 6.05. The zero-order valence-corrected chi connectivity index (χ0v) is 16.5. The molecule has 28 heavy (non-hydrogen) atoms. The molecule has 1 aliphatic carbocycles. The molecule has 2 aliphatic rings. The van der Waals surface area contributed by atoms with Crippen LogP contribution in [0.5, 0.6) is 0 Å². The van der Waals surface area contributed by atoms with Crippen LogP contribution < -0.4 is 9.80 Å². The van der Waals surface area contributed by atoms with Gasteiger partial charge in [-0.05, 0) is 32.0 Å². The topological polar surface area (TPSA) is 78.6 Å². The molecular formula is C19H25N9. The van der Waals surface area contributed by atoms with Crippen molar-refractivity contribution in [3.05, 3.63) is 35.9 Å². The molecule has 0 radical (unpaired) electrons. The van der Waals surface area contributed by atoms with Crippen molar-refractivity contribution in [1.29, 1.82) is 0 Å². The second-order valence-electron chi connectivity index (χ2n) is 8.05. The molecule has 3 aromatic rings. The van der Waals surface area contributed by atoms with Gasteiger partial charge in [0.05, 0.1) is 0 Å². The van der Waals surface area contributed by atoms with Crippen LogP contribution in [0.3, 0.4) is 0 Å². The highest BCUT2D eigenvalue weighted by Crippen LogP contribution is 2.38. The fourth-order valence-corrected chi connectivity index (χ4v) is 3.56. The summed E-state index contributed by atoms with van der Waals surface area (Å²) in [5, 5.41) is 13.4. The van der Waals surface area contributed by atoms with Gasteiger partial charge < -0.3 is 9.80 Å². The third-order valence-electron chi connectivity index (χ3n) is 5.55. The number of fused-ring (bicyclic) bond motifs is 1. The Morgan fingerprint density at radius 3 is 2.46 bits per heavy atom. The Morgan fingerprint density at radius 2 is 1.79 bits per heavy atom. The molecule has 0 bridgehead atoms. The van der Waals surface area contributed by atoms with Crippen molar-refractivity contribution >= 4 is 17.4 Å². The van der Waals surface area contributed by atoms with E-state index in [1.807, 2.05) is 48.0 Å². The van der Waals surface area contributed by atoms with Gasteiger partial charge in [0.1, 0.15) is 5.82 Å². The van der Waals surface area contributed by atoms with Crippen molar-refractivity contribution in [3.63, 3.8) is 0 Å². The molecule has 0 amide bonds. The first-order valence-corrected chi connectivity index (χ1v) is 9.74. The smallest absolute Gasteiger partial charge is 0.224 e. The lowest BCUT2D eigenvalue weighted by Crippen LogP contribution is -2.58. The Bertz CT molecular complexity index is 971. The van der Waals surface area contributed by atoms with E-state index < -0.39 is 0 Å². The maximum Gasteiger partial charge on any atom is 0.224 e. The lowest BCUT2D eigenvalue weighted by atomic mass is 10.1. The SMILES string of the molecule is CN(C)c1ncc(CN(C)C2CN(c3ccc4nnc(C5CC5)n4n3)C2)cn1. The third-order valence-corrected chi connectivity index (χ3v) is 5.55. The lowest BCUT2D eigenvalue weighted by Gasteiger charge is -2.44. The Hall–Kier alpha value is -2.81. The Balaban J connectivity index is 1.22. The average molecular weight is 379 g/mol. The van der Waals surface area contributed by atoms with Gasteiger partial charge in [0.25, 0.3) is 0 Å². The van der Waals surface area contributed by atoms with Gasteiger partial charge in [0.15, 0.2) is 11.5 Å². The van der Waals surface area contributed by atoms with E-state index in [1.54, 1.807) is 0 Å². The summed E-state index contributed by atoms with van der Waals surface area (Å²) in [4.78, 5) is 15.4. The number of likely N-dealkylation sites (N-methyl/N-ethyl adjacent to an activating group) is 1. The van der Waals surface area contributed by atoms with Crippen molar-refractivity contribution < 1.29 is 0 Å². The molecule has 1 aliphatic heterocycles. The van der Waals surface area contributed by atoms with Crippen molar-refractivity contribution in [3.8, 4) is 0 Å². The number of aromatic nitrogens is 6. The molecule has 0 spiro atoms. The highest BCUT2D eigenvalue weighted by Gasteiger charge is 2.33. The fraction of sp³-hybridized carbons (Fsp3) is 0.526. The van der Waals surface area contributed by atoms with Crippen LogP contribution in [-0.4, -0.2) is 75.0 Å². The van der Waals surface area contributed by atoms with Crippen molar-refractivity contribution in [2.45, 2.75) is 31.3 Å². The minimum atomic E-state index is 0.495. The maximum absolute atomic E-state index is 4.80. The van der Waals surface area contributed by atoms with Crippen LogP contribution in [0.15, 0.2) is 24.5 Å². The van der Waals surface area contributed by atoms with E-state index in [9.17, 15) is 0 Å². The summed E-state index contributed by atoms with van der Waals surface area (Å²) in [5.41, 5.74) is 1.96. The number of anilines is 2. The van der Waals surface area contributed by atoms with Gasteiger partial charge in [0, 0.05) is 63.6 Å². The van der Waals surface area contributed by atoms with Gasteiger partial charge in [-0.1, -0.05) is 0 Å². The van der Waals surface area contributed by atoms with Crippen molar-refractivity contribution in [2.75, 3.05) is 44.0 Å². The molecule has 9 heteroatoms. The zero-order chi connectivity index (χ0) is 19.3. The van der Waals surface area contributed by atoms with E-state index in [0.29, 0.717) is 12.0 Å². The quantitative estimate of drug-likeness (QED) is 0.632. The Morgan fingerprint density at radius 1 is 1.04 bits per heavy atom. The standard InChI is InChI=1S/C19H25N9/c1-25(2)19-20-8-13(9-21-19)10-26(3)15-11-27(12-15)17-7-6-16-22-23-18(14-4-5-14)28(16)24-17/h6-9,14-15H,4-5,10-12H2,1-3H3. The molecule has 0 atom stereocenters. The van der Waals surface area contributed by atoms with Crippen LogP contribution in [0.25, 0.3) is 5.65 Å². The second kappa shape index (κ2) is 6.66. The molecule has 2 fully saturated rings. The van der Waals surface area contributed by atoms with Crippen LogP contribution >= 0.6 is 0 Å². The highest BCUT2D eigenvalue weighted by atomic mass is 15.4. The first-order valence-electron chi connectivity index (χ1n) is 9.74. The van der Waals surface area contributed by atoms with Gasteiger partial charge >= 0.3 is 0 Å². The maximum atomic E-state index is 4.80. The Kier molecular flexibility index (Phi) is 4.12. The average Bonchev–Trinajstić information content (AvgIpc) is 3.40. The largest absolute Gasteiger partial charge is 0.352 e. The molecular weight excluding hydrogens is 354 g/mol. The first-order chi connectivity index (χ1) is 13.6. The monoisotopic (exact) mass is 379 g/mol. The van der Waals surface area contributed by atoms with E-state index in [-0.39, 0.29) is 0 Å². The lowest BCUT2D eigenvalue weighted by molar-refractivity contribution is 0.196. The highest BCUT2D eigenvalue weighted by molar-refractivity contribution is 5.48. The van der Waals surface area contributed by atoms with Gasteiger partial charge in [0.2, 0.25) is 5.95 Å². The zero-order valence-electron chi connectivity index (χ0n) is 16.5. The van der Waals surface area contributed by atoms with E-state index in [4.69, 9.17) is 5.10 Å². The predicted molar refractivity (Wildman–Crippen MR) is 107 cm³/mol. The summed E-state index contributed by atoms with van der Waals surface area (Å²) in [6.07, 6.45) is 6.22. The van der Waals surface area contributed by atoms with Crippen molar-refractivity contribution in [1.82, 2.24) is 34.7 Å². The Labute approximate surface area is 164 Å². The molecule has 1 saturated carbocycles. The van der Waals surface area contributed by atoms with Crippen molar-refractivity contribution in [2.24, 2.45) is 0 Å². The minimum Gasteiger partial charge on any atom is -0.352 e. The summed E-state index contributed by atoms with van der Waals surface area (Å²) >= 11 is 0. The molecule has 1 saturated heterocycles. The molecule has 0 unspecified atom stereocenters. The molecule has 146 valence electrons. The summed E-state index contributed by atoms with van der Waals surface area (Å²) < 4.78 is 1.92. The summed E-state index contributed by atoms with van der Waals surface area (Å²) in [6.45, 7) is 2.77. The summed E-state index contributed by atoms with van der Waals surface area (Å²) in [5.74, 6) is 3.28. The molecule has 5 rings (SSSR count). The van der Waals surface area contributed by atoms with Gasteiger partial charge in [-0.3, -0.25) is 4.90 Å². The summed E-state index contributed by atoms with van der Waals surface area (Å²) in [6, 6.07) is 4.56. The fourth-order valence-electron chi connectivity index (χ4n) is 3.56. The van der Waals surface area contributed by atoms with Gasteiger partial charge in [-0.2, -0.15) is 4.52 Å². The molecule has 4 heterocycles. The van der Waals surface area contributed by atoms with Crippen LogP contribution in [0.4, 0.5) is 11.8 Å². The number of nitrogens with zero attached hydrogens (tertiary/aromatic N) is 9. The number of hydrogen-bond acceptors (Lipinski definition) is 8. The number of hydrogen-bond donors (Lipinski definition) is 0. The van der Waals surface area contributed by atoms with E-state index in [0.717, 1.165) is 48.4 Å². The second-order valence-corrected chi connectivity index (χ2v) is 8.05. The van der Waals surface area contributed by atoms with E-state index >= 15 is 0 Å². The molecule has 9 nitrogen and oxygen atoms in total. The number of rotatable bonds is 6. The molecule has 0 N–H and O–H groups in total. The van der Waals surface area contributed by atoms with E-state index in [1.165, 1.54) is 12.8 Å². The normalized spacial score (nSPS) is 17.4. The predicted octanol–water partition coefficient (Wildman–Crippen LogP) is 1.18. The van der Waals surface area contributed by atoms with Crippen LogP contribution in [0.1, 0.15) is 30.1 Å². The van der Waals surface area contributed by atoms with Gasteiger partial charge in [-0.15, -0.1) is 15.3 Å². The first kappa shape index (κ1) is 17.3. The third kappa shape index (κ3) is 3.15. The van der Waals surface area contributed by atoms with Crippen LogP contribution in [0, 0.1) is 0 Å². The van der Waals surface area contributed by atoms with Crippen LogP contribution in [0.2, 0.25) is 0 Å². The molecule has 0 aromatic carbocycles. The minimum absolute atomic E-state index is 0.495. The van der Waals surface area contributed by atoms with Crippen LogP contribution in [-0.2, 0) is 6.54 Å². The van der Waals surface area contributed by atoms with Gasteiger partial charge in [-0.25, -0.2) is 9.97 Å².